The zero-order valence-electron chi connectivity index (χ0n) is 6.91. The molecule has 0 aromatic heterocycles. The summed E-state index contributed by atoms with van der Waals surface area (Å²) in [4.78, 5) is 0. The standard InChI is InChI=1S/C8H17FN2/c9-4-2-1-3-5-11-8-6-10-7-8/h8,10-11H,1-7H2. The van der Waals surface area contributed by atoms with Crippen molar-refractivity contribution in [1.29, 1.82) is 0 Å². The van der Waals surface area contributed by atoms with Gasteiger partial charge in [0, 0.05) is 19.1 Å². The fourth-order valence-electron chi connectivity index (χ4n) is 1.14. The van der Waals surface area contributed by atoms with Crippen LogP contribution in [0.2, 0.25) is 0 Å². The highest BCUT2D eigenvalue weighted by Crippen LogP contribution is 1.96. The quantitative estimate of drug-likeness (QED) is 0.559. The summed E-state index contributed by atoms with van der Waals surface area (Å²) in [6, 6.07) is 0.681. The van der Waals surface area contributed by atoms with E-state index < -0.39 is 0 Å². The molecule has 0 unspecified atom stereocenters. The van der Waals surface area contributed by atoms with Crippen LogP contribution in [0.3, 0.4) is 0 Å². The second-order valence-corrected chi connectivity index (χ2v) is 3.06. The summed E-state index contributed by atoms with van der Waals surface area (Å²) in [7, 11) is 0. The van der Waals surface area contributed by atoms with Crippen LogP contribution in [0.15, 0.2) is 0 Å². The topological polar surface area (TPSA) is 24.1 Å². The largest absolute Gasteiger partial charge is 0.314 e. The first kappa shape index (κ1) is 8.94. The summed E-state index contributed by atoms with van der Waals surface area (Å²) >= 11 is 0. The van der Waals surface area contributed by atoms with Crippen LogP contribution in [0, 0.1) is 0 Å². The molecule has 1 rings (SSSR count). The highest BCUT2D eigenvalue weighted by atomic mass is 19.1. The van der Waals surface area contributed by atoms with Crippen LogP contribution in [0.1, 0.15) is 19.3 Å². The second-order valence-electron chi connectivity index (χ2n) is 3.06. The predicted molar refractivity (Wildman–Crippen MR) is 44.5 cm³/mol. The molecule has 0 aliphatic carbocycles. The first-order chi connectivity index (χ1) is 5.43. The van der Waals surface area contributed by atoms with Gasteiger partial charge in [-0.3, -0.25) is 4.39 Å². The van der Waals surface area contributed by atoms with Gasteiger partial charge in [0.2, 0.25) is 0 Å². The summed E-state index contributed by atoms with van der Waals surface area (Å²) < 4.78 is 11.6. The lowest BCUT2D eigenvalue weighted by molar-refractivity contribution is 0.360. The van der Waals surface area contributed by atoms with Gasteiger partial charge in [0.15, 0.2) is 0 Å². The van der Waals surface area contributed by atoms with E-state index in [9.17, 15) is 4.39 Å². The molecular weight excluding hydrogens is 143 g/mol. The minimum Gasteiger partial charge on any atom is -0.314 e. The zero-order chi connectivity index (χ0) is 7.94. The summed E-state index contributed by atoms with van der Waals surface area (Å²) in [5.41, 5.74) is 0. The molecule has 1 aliphatic heterocycles. The molecule has 0 spiro atoms. The van der Waals surface area contributed by atoms with Gasteiger partial charge in [0.1, 0.15) is 0 Å². The van der Waals surface area contributed by atoms with Gasteiger partial charge in [-0.15, -0.1) is 0 Å². The van der Waals surface area contributed by atoms with Crippen molar-refractivity contribution in [3.8, 4) is 0 Å². The molecule has 0 aromatic rings. The van der Waals surface area contributed by atoms with Gasteiger partial charge in [-0.2, -0.15) is 0 Å². The van der Waals surface area contributed by atoms with E-state index in [1.54, 1.807) is 0 Å². The molecular formula is C8H17FN2. The molecule has 0 saturated carbocycles. The number of halogens is 1. The number of unbranched alkanes of at least 4 members (excludes halogenated alkanes) is 2. The summed E-state index contributed by atoms with van der Waals surface area (Å²) in [5, 5.41) is 6.58. The Morgan fingerprint density at radius 3 is 2.64 bits per heavy atom. The molecule has 1 saturated heterocycles. The third-order valence-electron chi connectivity index (χ3n) is 2.02. The molecule has 1 heterocycles. The first-order valence-corrected chi connectivity index (χ1v) is 4.43. The van der Waals surface area contributed by atoms with Gasteiger partial charge >= 0.3 is 0 Å². The van der Waals surface area contributed by atoms with Gasteiger partial charge in [-0.25, -0.2) is 0 Å². The lowest BCUT2D eigenvalue weighted by Crippen LogP contribution is -2.55. The lowest BCUT2D eigenvalue weighted by atomic mass is 10.1. The molecule has 11 heavy (non-hydrogen) atoms. The van der Waals surface area contributed by atoms with Crippen molar-refractivity contribution in [2.24, 2.45) is 0 Å². The third kappa shape index (κ3) is 3.68. The van der Waals surface area contributed by atoms with Crippen LogP contribution in [0.25, 0.3) is 0 Å². The van der Waals surface area contributed by atoms with Crippen LogP contribution in [0.5, 0.6) is 0 Å². The zero-order valence-corrected chi connectivity index (χ0v) is 6.91. The molecule has 1 aliphatic rings. The third-order valence-corrected chi connectivity index (χ3v) is 2.02. The van der Waals surface area contributed by atoms with Crippen molar-refractivity contribution >= 4 is 0 Å². The Kier molecular flexibility index (Phi) is 4.47. The molecule has 1 fully saturated rings. The number of hydrogen-bond acceptors (Lipinski definition) is 2. The summed E-state index contributed by atoms with van der Waals surface area (Å²) in [5.74, 6) is 0. The highest BCUT2D eigenvalue weighted by molar-refractivity contribution is 4.80. The average molecular weight is 160 g/mol. The Bertz CT molecular complexity index is 94.1. The Morgan fingerprint density at radius 2 is 2.09 bits per heavy atom. The molecule has 0 radical (unpaired) electrons. The van der Waals surface area contributed by atoms with E-state index in [2.05, 4.69) is 10.6 Å². The minimum atomic E-state index is -0.162. The number of hydrogen-bond donors (Lipinski definition) is 2. The first-order valence-electron chi connectivity index (χ1n) is 4.43. The van der Waals surface area contributed by atoms with E-state index >= 15 is 0 Å². The lowest BCUT2D eigenvalue weighted by Gasteiger charge is -2.28. The van der Waals surface area contributed by atoms with Crippen LogP contribution in [-0.2, 0) is 0 Å². The number of nitrogens with one attached hydrogen (secondary N) is 2. The van der Waals surface area contributed by atoms with Gasteiger partial charge in [-0.05, 0) is 25.8 Å². The number of rotatable bonds is 6. The van der Waals surface area contributed by atoms with Crippen molar-refractivity contribution in [2.75, 3.05) is 26.3 Å². The Balaban J connectivity index is 1.73. The van der Waals surface area contributed by atoms with Crippen LogP contribution in [0.4, 0.5) is 4.39 Å². The smallest absolute Gasteiger partial charge is 0.0894 e. The number of alkyl halides is 1. The molecule has 0 bridgehead atoms. The van der Waals surface area contributed by atoms with Crippen molar-refractivity contribution in [2.45, 2.75) is 25.3 Å². The van der Waals surface area contributed by atoms with Crippen molar-refractivity contribution < 1.29 is 4.39 Å². The van der Waals surface area contributed by atoms with E-state index in [4.69, 9.17) is 0 Å². The van der Waals surface area contributed by atoms with E-state index in [1.165, 1.54) is 0 Å². The predicted octanol–water partition coefficient (Wildman–Crippen LogP) is 0.688. The molecule has 0 amide bonds. The summed E-state index contributed by atoms with van der Waals surface area (Å²) in [6.07, 6.45) is 2.86. The summed E-state index contributed by atoms with van der Waals surface area (Å²) in [6.45, 7) is 3.09. The minimum absolute atomic E-state index is 0.162. The molecule has 0 aromatic carbocycles. The van der Waals surface area contributed by atoms with E-state index in [-0.39, 0.29) is 6.67 Å². The van der Waals surface area contributed by atoms with E-state index in [0.717, 1.165) is 38.9 Å². The fraction of sp³-hybridized carbons (Fsp3) is 1.00. The Morgan fingerprint density at radius 1 is 1.27 bits per heavy atom. The average Bonchev–Trinajstić information content (AvgIpc) is 1.93. The van der Waals surface area contributed by atoms with Crippen LogP contribution in [-0.4, -0.2) is 32.4 Å². The maximum Gasteiger partial charge on any atom is 0.0894 e. The normalized spacial score (nSPS) is 18.3. The molecule has 2 nitrogen and oxygen atoms in total. The Labute approximate surface area is 67.6 Å². The van der Waals surface area contributed by atoms with Gasteiger partial charge in [0.25, 0.3) is 0 Å². The van der Waals surface area contributed by atoms with Crippen molar-refractivity contribution in [3.05, 3.63) is 0 Å². The van der Waals surface area contributed by atoms with E-state index in [0.29, 0.717) is 6.04 Å². The molecule has 3 heteroatoms. The highest BCUT2D eigenvalue weighted by Gasteiger charge is 2.14. The van der Waals surface area contributed by atoms with Crippen molar-refractivity contribution in [1.82, 2.24) is 10.6 Å². The van der Waals surface area contributed by atoms with Gasteiger partial charge < -0.3 is 10.6 Å². The van der Waals surface area contributed by atoms with Crippen molar-refractivity contribution in [3.63, 3.8) is 0 Å². The maximum absolute atomic E-state index is 11.6. The fourth-order valence-corrected chi connectivity index (χ4v) is 1.14. The molecule has 0 atom stereocenters. The van der Waals surface area contributed by atoms with Crippen LogP contribution >= 0.6 is 0 Å². The monoisotopic (exact) mass is 160 g/mol. The Hall–Kier alpha value is -0.150. The SMILES string of the molecule is FCCCCCNC1CNC1. The van der Waals surface area contributed by atoms with Crippen LogP contribution < -0.4 is 10.6 Å². The molecule has 2 N–H and O–H groups in total. The molecule has 66 valence electrons. The van der Waals surface area contributed by atoms with Gasteiger partial charge in [0.05, 0.1) is 6.67 Å². The van der Waals surface area contributed by atoms with E-state index in [1.807, 2.05) is 0 Å². The second kappa shape index (κ2) is 5.49. The maximum atomic E-state index is 11.6. The van der Waals surface area contributed by atoms with Gasteiger partial charge in [-0.1, -0.05) is 0 Å².